The summed E-state index contributed by atoms with van der Waals surface area (Å²) in [5.41, 5.74) is -0.461. The Morgan fingerprint density at radius 2 is 1.62 bits per heavy atom. The fourth-order valence-electron chi connectivity index (χ4n) is 2.12. The molecule has 0 unspecified atom stereocenters. The lowest BCUT2D eigenvalue weighted by Crippen LogP contribution is -2.12. The van der Waals surface area contributed by atoms with Gasteiger partial charge in [-0.3, -0.25) is 4.72 Å². The van der Waals surface area contributed by atoms with Crippen molar-refractivity contribution in [2.24, 2.45) is 0 Å². The number of aromatic carboxylic acids is 1. The molecule has 0 bridgehead atoms. The summed E-state index contributed by atoms with van der Waals surface area (Å²) in [4.78, 5) is 11.1. The second-order valence-electron chi connectivity index (χ2n) is 5.26. The van der Waals surface area contributed by atoms with E-state index in [-0.39, 0.29) is 16.8 Å². The third-order valence-corrected chi connectivity index (χ3v) is 4.25. The Morgan fingerprint density at radius 1 is 1.00 bits per heavy atom. The molecule has 0 aliphatic carbocycles. The van der Waals surface area contributed by atoms with E-state index in [1.54, 1.807) is 0 Å². The van der Waals surface area contributed by atoms with Crippen molar-refractivity contribution in [3.05, 3.63) is 59.0 Å². The number of carbonyl (C=O) groups is 1. The Balaban J connectivity index is 2.26. The van der Waals surface area contributed by atoms with Crippen molar-refractivity contribution in [1.82, 2.24) is 0 Å². The number of para-hydroxylation sites is 1. The van der Waals surface area contributed by atoms with Crippen molar-refractivity contribution in [2.45, 2.75) is 13.2 Å². The molecule has 0 atom stereocenters. The van der Waals surface area contributed by atoms with E-state index in [9.17, 15) is 30.8 Å². The van der Waals surface area contributed by atoms with Crippen LogP contribution in [0.4, 0.5) is 23.2 Å². The molecule has 7 nitrogen and oxygen atoms in total. The summed E-state index contributed by atoms with van der Waals surface area (Å²) >= 11 is 0. The summed E-state index contributed by atoms with van der Waals surface area (Å²) in [6, 6.07) is 8.17. The lowest BCUT2D eigenvalue weighted by Gasteiger charge is -2.12. The number of sulfonamides is 1. The first-order chi connectivity index (χ1) is 13.6. The molecular formula is C17H13F4NO6S. The largest absolute Gasteiger partial charge is 0.478 e. The Labute approximate surface area is 162 Å². The number of nitrogens with one attached hydrogen (secondary N) is 1. The minimum absolute atomic E-state index is 0.0131. The van der Waals surface area contributed by atoms with E-state index in [2.05, 4.69) is 14.2 Å². The summed E-state index contributed by atoms with van der Waals surface area (Å²) in [6.07, 6.45) is 0.968. The third-order valence-electron chi connectivity index (χ3n) is 3.25. The molecule has 0 fully saturated rings. The molecule has 2 aromatic rings. The Hall–Kier alpha value is -3.28. The summed E-state index contributed by atoms with van der Waals surface area (Å²) < 4.78 is 84.1. The number of carboxylic acids is 1. The second kappa shape index (κ2) is 9.28. The topological polar surface area (TPSA) is 102 Å². The Morgan fingerprint density at radius 3 is 2.24 bits per heavy atom. The maximum absolute atomic E-state index is 12.5. The van der Waals surface area contributed by atoms with Crippen LogP contribution in [0.2, 0.25) is 0 Å². The van der Waals surface area contributed by atoms with Crippen LogP contribution in [0.25, 0.3) is 6.08 Å². The predicted molar refractivity (Wildman–Crippen MR) is 94.7 cm³/mol. The molecule has 29 heavy (non-hydrogen) atoms. The van der Waals surface area contributed by atoms with Crippen LogP contribution in [0.1, 0.15) is 15.9 Å². The monoisotopic (exact) mass is 435 g/mol. The van der Waals surface area contributed by atoms with Gasteiger partial charge in [0.2, 0.25) is 0 Å². The number of rotatable bonds is 9. The average Bonchev–Trinajstić information content (AvgIpc) is 2.61. The number of anilines is 1. The first-order valence-electron chi connectivity index (χ1n) is 7.64. The zero-order chi connectivity index (χ0) is 21.6. The number of alkyl halides is 4. The van der Waals surface area contributed by atoms with Crippen LogP contribution < -0.4 is 14.2 Å². The van der Waals surface area contributed by atoms with E-state index in [0.717, 1.165) is 24.3 Å². The molecular weight excluding hydrogens is 422 g/mol. The van der Waals surface area contributed by atoms with E-state index >= 15 is 0 Å². The van der Waals surface area contributed by atoms with Crippen molar-refractivity contribution < 1.29 is 45.4 Å². The molecule has 0 aromatic heterocycles. The van der Waals surface area contributed by atoms with E-state index in [0.29, 0.717) is 5.41 Å². The summed E-state index contributed by atoms with van der Waals surface area (Å²) in [5.74, 6) is -2.73. The Bertz CT molecular complexity index is 1010. The maximum atomic E-state index is 12.5. The van der Waals surface area contributed by atoms with Gasteiger partial charge in [0.1, 0.15) is 0 Å². The van der Waals surface area contributed by atoms with Gasteiger partial charge >= 0.3 is 19.2 Å². The van der Waals surface area contributed by atoms with Gasteiger partial charge < -0.3 is 14.6 Å². The minimum Gasteiger partial charge on any atom is -0.478 e. The van der Waals surface area contributed by atoms with E-state index in [4.69, 9.17) is 5.11 Å². The molecule has 0 saturated heterocycles. The molecule has 12 heteroatoms. The van der Waals surface area contributed by atoms with Crippen molar-refractivity contribution in [3.63, 3.8) is 0 Å². The number of hydrogen-bond acceptors (Lipinski definition) is 5. The molecule has 0 saturated carbocycles. The van der Waals surface area contributed by atoms with Gasteiger partial charge in [-0.25, -0.2) is 13.2 Å². The van der Waals surface area contributed by atoms with Crippen LogP contribution in [0.5, 0.6) is 11.5 Å². The maximum Gasteiger partial charge on any atom is 0.387 e. The normalized spacial score (nSPS) is 11.8. The predicted octanol–water partition coefficient (Wildman–Crippen LogP) is 4.00. The number of benzene rings is 2. The van der Waals surface area contributed by atoms with Gasteiger partial charge in [-0.1, -0.05) is 18.2 Å². The van der Waals surface area contributed by atoms with E-state index in [1.165, 1.54) is 24.3 Å². The summed E-state index contributed by atoms with van der Waals surface area (Å²) in [5, 5.41) is 9.71. The van der Waals surface area contributed by atoms with Gasteiger partial charge in [0.25, 0.3) is 10.0 Å². The quantitative estimate of drug-likeness (QED) is 0.578. The fraction of sp³-hybridized carbons (Fsp3) is 0.118. The van der Waals surface area contributed by atoms with Crippen LogP contribution in [-0.4, -0.2) is 32.7 Å². The highest BCUT2D eigenvalue weighted by molar-refractivity contribution is 7.95. The van der Waals surface area contributed by atoms with Gasteiger partial charge in [-0.15, -0.1) is 0 Å². The molecule has 0 radical (unpaired) electrons. The van der Waals surface area contributed by atoms with E-state index in [1.807, 2.05) is 0 Å². The fourth-order valence-corrected chi connectivity index (χ4v) is 3.01. The summed E-state index contributed by atoms with van der Waals surface area (Å²) in [7, 11) is -4.19. The molecule has 156 valence electrons. The zero-order valence-electron chi connectivity index (χ0n) is 14.3. The smallest absolute Gasteiger partial charge is 0.387 e. The van der Waals surface area contributed by atoms with Crippen molar-refractivity contribution in [2.75, 3.05) is 4.72 Å². The van der Waals surface area contributed by atoms with Crippen LogP contribution in [0, 0.1) is 0 Å². The number of carboxylic acid groups (broad SMARTS) is 1. The minimum atomic E-state index is -4.19. The van der Waals surface area contributed by atoms with Gasteiger partial charge in [0.15, 0.2) is 11.5 Å². The number of halogens is 4. The van der Waals surface area contributed by atoms with Gasteiger partial charge in [-0.05, 0) is 35.9 Å². The van der Waals surface area contributed by atoms with Crippen LogP contribution in [0.3, 0.4) is 0 Å². The standard InChI is InChI=1S/C17H13F4NO6S/c18-16(19)27-13-6-5-10(9-14(13)28-17(20)21)7-8-29(25,26)22-12-4-2-1-3-11(12)15(23)24/h1-9,16-17,22H,(H,23,24)/b8-7+. The summed E-state index contributed by atoms with van der Waals surface area (Å²) in [6.45, 7) is -6.61. The van der Waals surface area contributed by atoms with E-state index < -0.39 is 40.7 Å². The SMILES string of the molecule is O=C(O)c1ccccc1NS(=O)(=O)/C=C/c1ccc(OC(F)F)c(OC(F)F)c1. The first-order valence-corrected chi connectivity index (χ1v) is 9.19. The molecule has 0 heterocycles. The van der Waals surface area contributed by atoms with Gasteiger partial charge in [0.05, 0.1) is 16.7 Å². The van der Waals surface area contributed by atoms with Gasteiger partial charge in [0, 0.05) is 0 Å². The average molecular weight is 435 g/mol. The molecule has 0 amide bonds. The molecule has 2 rings (SSSR count). The lowest BCUT2D eigenvalue weighted by atomic mass is 10.2. The van der Waals surface area contributed by atoms with Crippen LogP contribution in [-0.2, 0) is 10.0 Å². The highest BCUT2D eigenvalue weighted by Crippen LogP contribution is 2.31. The number of hydrogen-bond donors (Lipinski definition) is 2. The molecule has 2 N–H and O–H groups in total. The van der Waals surface area contributed by atoms with Gasteiger partial charge in [-0.2, -0.15) is 17.6 Å². The first kappa shape index (κ1) is 22.0. The van der Waals surface area contributed by atoms with Crippen LogP contribution in [0.15, 0.2) is 47.9 Å². The highest BCUT2D eigenvalue weighted by Gasteiger charge is 2.16. The van der Waals surface area contributed by atoms with Crippen molar-refractivity contribution in [1.29, 1.82) is 0 Å². The third kappa shape index (κ3) is 6.68. The van der Waals surface area contributed by atoms with Crippen LogP contribution >= 0.6 is 0 Å². The molecule has 2 aromatic carbocycles. The molecule has 0 aliphatic heterocycles. The lowest BCUT2D eigenvalue weighted by molar-refractivity contribution is -0.0692. The van der Waals surface area contributed by atoms with Crippen molar-refractivity contribution >= 4 is 27.8 Å². The highest BCUT2D eigenvalue weighted by atomic mass is 32.2. The molecule has 0 aliphatic rings. The zero-order valence-corrected chi connectivity index (χ0v) is 15.1. The second-order valence-corrected chi connectivity index (χ2v) is 6.83. The Kier molecular flexibility index (Phi) is 7.04. The molecule has 0 spiro atoms. The van der Waals surface area contributed by atoms with Crippen molar-refractivity contribution in [3.8, 4) is 11.5 Å². The number of ether oxygens (including phenoxy) is 2.